The van der Waals surface area contributed by atoms with E-state index in [0.717, 1.165) is 24.9 Å². The number of carbonyl (C=O) groups excluding carboxylic acids is 1. The highest BCUT2D eigenvalue weighted by Gasteiger charge is 2.21. The maximum atomic E-state index is 13.9. The average Bonchev–Trinajstić information content (AvgIpc) is 3.34. The van der Waals surface area contributed by atoms with Gasteiger partial charge in [0.25, 0.3) is 0 Å². The van der Waals surface area contributed by atoms with E-state index in [9.17, 15) is 13.6 Å². The van der Waals surface area contributed by atoms with Crippen LogP contribution in [0.1, 0.15) is 40.2 Å². The number of aryl methyl sites for hydroxylation is 2. The van der Waals surface area contributed by atoms with Crippen molar-refractivity contribution in [1.82, 2.24) is 14.7 Å². The molecule has 6 nitrogen and oxygen atoms in total. The lowest BCUT2D eigenvalue weighted by molar-refractivity contribution is 0.0717. The van der Waals surface area contributed by atoms with Gasteiger partial charge in [0.2, 0.25) is 5.78 Å². The number of benzene rings is 1. The Morgan fingerprint density at radius 1 is 1.29 bits per heavy atom. The number of nitrogens with one attached hydrogen (secondary N) is 1. The van der Waals surface area contributed by atoms with Gasteiger partial charge in [-0.3, -0.25) is 9.20 Å². The number of ketones is 1. The molecule has 1 atom stereocenters. The fraction of sp³-hybridized carbons (Fsp3) is 0.391. The number of nitrogens with zero attached hydrogens (tertiary/aromatic N) is 2. The Morgan fingerprint density at radius 2 is 2.06 bits per heavy atom. The first kappa shape index (κ1) is 21.4. The summed E-state index contributed by atoms with van der Waals surface area (Å²) < 4.78 is 40.9. The number of fused-ring (bicyclic) bond motifs is 1. The number of ether oxygens (including phenoxy) is 2. The second kappa shape index (κ2) is 9.11. The van der Waals surface area contributed by atoms with Gasteiger partial charge in [0.1, 0.15) is 30.5 Å². The highest BCUT2D eigenvalue weighted by atomic mass is 19.1. The molecule has 0 spiro atoms. The lowest BCUT2D eigenvalue weighted by Gasteiger charge is -2.12. The van der Waals surface area contributed by atoms with Crippen molar-refractivity contribution in [2.45, 2.75) is 39.3 Å². The molecule has 2 aromatic heterocycles. The Bertz CT molecular complexity index is 1090. The number of imidazole rings is 1. The number of hydrogen-bond acceptors (Lipinski definition) is 5. The van der Waals surface area contributed by atoms with Crippen LogP contribution in [0, 0.1) is 25.5 Å². The summed E-state index contributed by atoms with van der Waals surface area (Å²) in [6.45, 7) is 4.73. The lowest BCUT2D eigenvalue weighted by atomic mass is 10.2. The van der Waals surface area contributed by atoms with E-state index in [0.29, 0.717) is 29.4 Å². The first-order chi connectivity index (χ1) is 14.9. The van der Waals surface area contributed by atoms with Crippen molar-refractivity contribution in [1.29, 1.82) is 0 Å². The number of Topliss-reactive ketones (excluding diaryl/α,β-unsaturated/α-hetero) is 1. The maximum Gasteiger partial charge on any atom is 0.207 e. The molecule has 3 heterocycles. The number of hydrogen-bond donors (Lipinski definition) is 1. The minimum atomic E-state index is -0.673. The van der Waals surface area contributed by atoms with E-state index in [1.807, 2.05) is 6.92 Å². The van der Waals surface area contributed by atoms with Crippen LogP contribution >= 0.6 is 0 Å². The number of pyridine rings is 1. The Hall–Kier alpha value is -2.84. The standard InChI is InChI=1S/C23H25F2N3O3/c1-14-9-21(31-12-17-18(24)6-3-7-19(17)25)23-27-15(2)22(28(23)10-14)20(29)13-30-11-16-5-4-8-26-16/h3,6-7,9-10,16,26H,4-5,8,11-13H2,1-2H3. The van der Waals surface area contributed by atoms with E-state index in [1.165, 1.54) is 18.2 Å². The van der Waals surface area contributed by atoms with E-state index in [2.05, 4.69) is 10.3 Å². The molecular formula is C23H25F2N3O3. The third-order valence-electron chi connectivity index (χ3n) is 5.41. The molecule has 0 aliphatic carbocycles. The van der Waals surface area contributed by atoms with Crippen LogP contribution in [0.2, 0.25) is 0 Å². The zero-order valence-electron chi connectivity index (χ0n) is 17.6. The summed E-state index contributed by atoms with van der Waals surface area (Å²) in [5.41, 5.74) is 2.04. The van der Waals surface area contributed by atoms with E-state index in [-0.39, 0.29) is 30.6 Å². The van der Waals surface area contributed by atoms with Gasteiger partial charge in [0.15, 0.2) is 11.4 Å². The summed E-state index contributed by atoms with van der Waals surface area (Å²) in [6.07, 6.45) is 3.95. The Balaban J connectivity index is 1.55. The number of rotatable bonds is 8. The van der Waals surface area contributed by atoms with Gasteiger partial charge in [0.05, 0.1) is 17.9 Å². The molecule has 1 N–H and O–H groups in total. The van der Waals surface area contributed by atoms with Gasteiger partial charge in [-0.1, -0.05) is 6.07 Å². The highest BCUT2D eigenvalue weighted by Crippen LogP contribution is 2.26. The van der Waals surface area contributed by atoms with Crippen LogP contribution in [0.15, 0.2) is 30.5 Å². The molecule has 0 radical (unpaired) electrons. The molecule has 4 rings (SSSR count). The summed E-state index contributed by atoms with van der Waals surface area (Å²) >= 11 is 0. The molecule has 1 fully saturated rings. The fourth-order valence-corrected chi connectivity index (χ4v) is 3.88. The second-order valence-corrected chi connectivity index (χ2v) is 7.84. The summed E-state index contributed by atoms with van der Waals surface area (Å²) in [4.78, 5) is 17.3. The van der Waals surface area contributed by atoms with Crippen LogP contribution in [0.25, 0.3) is 5.65 Å². The Labute approximate surface area is 179 Å². The largest absolute Gasteiger partial charge is 0.485 e. The van der Waals surface area contributed by atoms with Crippen LogP contribution < -0.4 is 10.1 Å². The SMILES string of the molecule is Cc1cc(OCc2c(F)cccc2F)c2nc(C)c(C(=O)COCC3CCCN3)n2c1. The Kier molecular flexibility index (Phi) is 6.29. The first-order valence-corrected chi connectivity index (χ1v) is 10.3. The topological polar surface area (TPSA) is 64.9 Å². The molecule has 8 heteroatoms. The van der Waals surface area contributed by atoms with Crippen LogP contribution in [0.4, 0.5) is 8.78 Å². The van der Waals surface area contributed by atoms with Crippen molar-refractivity contribution in [3.05, 3.63) is 64.6 Å². The molecule has 0 saturated carbocycles. The van der Waals surface area contributed by atoms with Gasteiger partial charge in [-0.25, -0.2) is 13.8 Å². The van der Waals surface area contributed by atoms with Gasteiger partial charge >= 0.3 is 0 Å². The lowest BCUT2D eigenvalue weighted by Crippen LogP contribution is -2.28. The molecule has 0 amide bonds. The van der Waals surface area contributed by atoms with Gasteiger partial charge in [-0.2, -0.15) is 0 Å². The minimum Gasteiger partial charge on any atom is -0.485 e. The third kappa shape index (κ3) is 4.60. The fourth-order valence-electron chi connectivity index (χ4n) is 3.88. The molecule has 1 unspecified atom stereocenters. The van der Waals surface area contributed by atoms with Gasteiger partial charge in [-0.05, 0) is 57.0 Å². The van der Waals surface area contributed by atoms with Crippen molar-refractivity contribution < 1.29 is 23.0 Å². The number of carbonyl (C=O) groups is 1. The van der Waals surface area contributed by atoms with Crippen LogP contribution in [0.5, 0.6) is 5.75 Å². The zero-order valence-corrected chi connectivity index (χ0v) is 17.6. The average molecular weight is 429 g/mol. The molecule has 31 heavy (non-hydrogen) atoms. The zero-order chi connectivity index (χ0) is 22.0. The predicted molar refractivity (Wildman–Crippen MR) is 112 cm³/mol. The number of halogens is 2. The van der Waals surface area contributed by atoms with Crippen LogP contribution in [-0.4, -0.2) is 41.0 Å². The van der Waals surface area contributed by atoms with Crippen LogP contribution in [0.3, 0.4) is 0 Å². The smallest absolute Gasteiger partial charge is 0.207 e. The quantitative estimate of drug-likeness (QED) is 0.553. The van der Waals surface area contributed by atoms with Crippen molar-refractivity contribution in [2.24, 2.45) is 0 Å². The predicted octanol–water partition coefficient (Wildman–Crippen LogP) is 3.76. The molecule has 1 aliphatic heterocycles. The normalized spacial score (nSPS) is 16.2. The number of aromatic nitrogens is 2. The summed E-state index contributed by atoms with van der Waals surface area (Å²) in [7, 11) is 0. The molecule has 1 aromatic carbocycles. The second-order valence-electron chi connectivity index (χ2n) is 7.84. The Morgan fingerprint density at radius 3 is 2.77 bits per heavy atom. The third-order valence-corrected chi connectivity index (χ3v) is 5.41. The molecule has 1 saturated heterocycles. The van der Waals surface area contributed by atoms with E-state index >= 15 is 0 Å². The molecular weight excluding hydrogens is 404 g/mol. The van der Waals surface area contributed by atoms with Crippen molar-refractivity contribution >= 4 is 11.4 Å². The van der Waals surface area contributed by atoms with Crippen molar-refractivity contribution in [2.75, 3.05) is 19.8 Å². The molecule has 1 aliphatic rings. The van der Waals surface area contributed by atoms with Gasteiger partial charge < -0.3 is 14.8 Å². The summed E-state index contributed by atoms with van der Waals surface area (Å²) in [5.74, 6) is -1.18. The maximum absolute atomic E-state index is 13.9. The minimum absolute atomic E-state index is 0.0443. The van der Waals surface area contributed by atoms with Crippen LogP contribution in [-0.2, 0) is 11.3 Å². The molecule has 0 bridgehead atoms. The highest BCUT2D eigenvalue weighted by molar-refractivity contribution is 5.97. The summed E-state index contributed by atoms with van der Waals surface area (Å²) in [5, 5.41) is 3.33. The van der Waals surface area contributed by atoms with Gasteiger partial charge in [-0.15, -0.1) is 0 Å². The van der Waals surface area contributed by atoms with E-state index < -0.39 is 11.6 Å². The van der Waals surface area contributed by atoms with Crippen molar-refractivity contribution in [3.8, 4) is 5.75 Å². The molecule has 3 aromatic rings. The first-order valence-electron chi connectivity index (χ1n) is 10.3. The molecule has 164 valence electrons. The van der Waals surface area contributed by atoms with E-state index in [1.54, 1.807) is 23.6 Å². The van der Waals surface area contributed by atoms with Crippen molar-refractivity contribution in [3.63, 3.8) is 0 Å². The summed E-state index contributed by atoms with van der Waals surface area (Å²) in [6, 6.07) is 5.70. The van der Waals surface area contributed by atoms with Gasteiger partial charge in [0, 0.05) is 12.2 Å². The van der Waals surface area contributed by atoms with E-state index in [4.69, 9.17) is 9.47 Å². The monoisotopic (exact) mass is 429 g/mol.